The Morgan fingerprint density at radius 3 is 1.90 bits per heavy atom. The zero-order chi connectivity index (χ0) is 72.1. The van der Waals surface area contributed by atoms with E-state index in [1.165, 1.54) is 77.8 Å². The largest absolute Gasteiger partial charge is 0.417 e. The Morgan fingerprint density at radius 2 is 1.32 bits per heavy atom. The molecule has 0 radical (unpaired) electrons. The van der Waals surface area contributed by atoms with E-state index >= 15 is 28.8 Å². The average Bonchev–Trinajstić information content (AvgIpc) is 1.72. The van der Waals surface area contributed by atoms with Gasteiger partial charge in [0, 0.05) is 74.3 Å². The normalized spacial score (nSPS) is 27.2. The summed E-state index contributed by atoms with van der Waals surface area (Å²) in [5, 5.41) is 13.6. The van der Waals surface area contributed by atoms with Crippen molar-refractivity contribution < 1.29 is 70.7 Å². The Labute approximate surface area is 574 Å². The second kappa shape index (κ2) is 34.6. The van der Waals surface area contributed by atoms with Crippen molar-refractivity contribution in [3.63, 3.8) is 0 Å². The average molecular weight is 1390 g/mol. The first-order chi connectivity index (χ1) is 45.6. The van der Waals surface area contributed by atoms with E-state index in [1.807, 2.05) is 20.8 Å². The fraction of sp³-hybridized carbons (Fsp3) is 0.739. The summed E-state index contributed by atoms with van der Waals surface area (Å²) in [4.78, 5) is 185. The number of aryl methyl sites for hydroxylation is 1. The molecule has 24 nitrogen and oxygen atoms in total. The molecule has 6 rings (SSSR count). The molecular weight excluding hydrogens is 1280 g/mol. The number of benzene rings is 1. The summed E-state index contributed by atoms with van der Waals surface area (Å²) < 4.78 is 41.5. The number of hydrogen-bond acceptors (Lipinski definition) is 12. The van der Waals surface area contributed by atoms with Gasteiger partial charge in [-0.25, -0.2) is 0 Å². The van der Waals surface area contributed by atoms with Gasteiger partial charge in [0.05, 0.1) is 17.1 Å². The monoisotopic (exact) mass is 1390 g/mol. The van der Waals surface area contributed by atoms with Crippen LogP contribution in [0.1, 0.15) is 182 Å². The number of rotatable bonds is 13. The van der Waals surface area contributed by atoms with Crippen molar-refractivity contribution in [2.45, 2.75) is 243 Å². The SMILES string of the molecule is CC[C@H](C)[C@@H]1NC(=O)[C@H](CC(C)C)N(C)C(=O)C[C@@H](C)NC(=O)[C@H](C(C)C)N(C)C(=O)C2(CCCC2)NC(=O)[C@@H]2CCCN2C(=O)[C@H](CCc2ccc(C(F)(F)F)c(Cl)c2)NC(=O)CN(C)C(=O)[C@H](CC2CCCCC2)N(C)C(=O)[C@@H]2CCN2C(=O)[C@H](CCC(=O)NC)N(C)C1=O. The van der Waals surface area contributed by atoms with Gasteiger partial charge in [-0.15, -0.1) is 0 Å². The Hall–Kier alpha value is -7.06. The first-order valence-electron chi connectivity index (χ1n) is 34.8. The van der Waals surface area contributed by atoms with Crippen molar-refractivity contribution in [3.05, 3.63) is 34.3 Å². The fourth-order valence-electron chi connectivity index (χ4n) is 14.6. The number of carbonyl (C=O) groups excluding carboxylic acids is 12. The lowest BCUT2D eigenvalue weighted by Crippen LogP contribution is -2.65. The molecule has 5 aliphatic rings. The summed E-state index contributed by atoms with van der Waals surface area (Å²) in [5.74, 6) is -8.65. The molecule has 12 amide bonds. The van der Waals surface area contributed by atoms with Crippen LogP contribution in [-0.4, -0.2) is 227 Å². The third-order valence-corrected chi connectivity index (χ3v) is 21.0. The van der Waals surface area contributed by atoms with E-state index in [4.69, 9.17) is 11.6 Å². The summed E-state index contributed by atoms with van der Waals surface area (Å²) in [6, 6.07) is -7.36. The topological polar surface area (TPSA) is 288 Å². The van der Waals surface area contributed by atoms with E-state index in [0.717, 1.165) is 49.1 Å². The van der Waals surface area contributed by atoms with Crippen LogP contribution in [0, 0.1) is 23.7 Å². The molecule has 0 bridgehead atoms. The number of amides is 12. The molecule has 3 heterocycles. The first-order valence-corrected chi connectivity index (χ1v) is 35.2. The number of likely N-dealkylation sites (N-methyl/N-ethyl adjacent to an activating group) is 5. The van der Waals surface area contributed by atoms with Gasteiger partial charge in [0.15, 0.2) is 0 Å². The lowest BCUT2D eigenvalue weighted by Gasteiger charge is -2.46. The first kappa shape index (κ1) is 78.9. The number of carbonyl (C=O) groups is 12. The van der Waals surface area contributed by atoms with Gasteiger partial charge in [-0.2, -0.15) is 13.2 Å². The molecule has 28 heteroatoms. The van der Waals surface area contributed by atoms with Crippen LogP contribution >= 0.6 is 11.6 Å². The highest BCUT2D eigenvalue weighted by Gasteiger charge is 2.51. The van der Waals surface area contributed by atoms with Crippen molar-refractivity contribution in [2.75, 3.05) is 61.9 Å². The van der Waals surface area contributed by atoms with Crippen molar-refractivity contribution in [3.8, 4) is 0 Å². The van der Waals surface area contributed by atoms with Gasteiger partial charge in [0.25, 0.3) is 0 Å². The van der Waals surface area contributed by atoms with Crippen LogP contribution in [0.2, 0.25) is 5.02 Å². The van der Waals surface area contributed by atoms with Gasteiger partial charge in [0.2, 0.25) is 70.9 Å². The molecular formula is C69H106ClF3N12O12. The van der Waals surface area contributed by atoms with Crippen molar-refractivity contribution in [1.29, 1.82) is 0 Å². The molecule has 3 aliphatic heterocycles. The van der Waals surface area contributed by atoms with Gasteiger partial charge < -0.3 is 60.9 Å². The number of alkyl halides is 3. The van der Waals surface area contributed by atoms with Gasteiger partial charge >= 0.3 is 6.18 Å². The molecule has 1 aromatic carbocycles. The molecule has 3 saturated heterocycles. The molecule has 2 saturated carbocycles. The Bertz CT molecular complexity index is 3030. The van der Waals surface area contributed by atoms with Crippen LogP contribution in [-0.2, 0) is 70.1 Å². The predicted molar refractivity (Wildman–Crippen MR) is 357 cm³/mol. The van der Waals surface area contributed by atoms with Gasteiger partial charge in [0.1, 0.15) is 53.9 Å². The maximum atomic E-state index is 15.1. The van der Waals surface area contributed by atoms with Crippen molar-refractivity contribution >= 4 is 82.5 Å². The Balaban J connectivity index is 1.41. The van der Waals surface area contributed by atoms with Gasteiger partial charge in [-0.1, -0.05) is 111 Å². The summed E-state index contributed by atoms with van der Waals surface area (Å²) >= 11 is 6.14. The second-order valence-corrected chi connectivity index (χ2v) is 29.0. The molecule has 1 aromatic rings. The molecule has 5 fully saturated rings. The summed E-state index contributed by atoms with van der Waals surface area (Å²) in [7, 11) is 8.59. The van der Waals surface area contributed by atoms with Crippen LogP contribution < -0.4 is 26.6 Å². The minimum absolute atomic E-state index is 0.00424. The minimum atomic E-state index is -4.76. The molecule has 97 heavy (non-hydrogen) atoms. The van der Waals surface area contributed by atoms with Crippen LogP contribution in [0.25, 0.3) is 0 Å². The van der Waals surface area contributed by atoms with Gasteiger partial charge in [-0.3, -0.25) is 57.5 Å². The third kappa shape index (κ3) is 19.7. The summed E-state index contributed by atoms with van der Waals surface area (Å²) in [6.07, 6.45) is 1.46. The molecule has 1 spiro atoms. The second-order valence-electron chi connectivity index (χ2n) is 28.6. The van der Waals surface area contributed by atoms with Gasteiger partial charge in [-0.05, 0) is 112 Å². The summed E-state index contributed by atoms with van der Waals surface area (Å²) in [6.45, 7) is 11.9. The van der Waals surface area contributed by atoms with E-state index in [9.17, 15) is 41.9 Å². The molecule has 0 unspecified atom stereocenters. The zero-order valence-corrected chi connectivity index (χ0v) is 59.8. The molecule has 10 atom stereocenters. The van der Waals surface area contributed by atoms with Crippen LogP contribution in [0.3, 0.4) is 0 Å². The zero-order valence-electron chi connectivity index (χ0n) is 59.0. The number of halogens is 4. The van der Waals surface area contributed by atoms with Crippen molar-refractivity contribution in [2.24, 2.45) is 23.7 Å². The maximum absolute atomic E-state index is 15.1. The van der Waals surface area contributed by atoms with E-state index in [1.54, 1.807) is 27.7 Å². The van der Waals surface area contributed by atoms with E-state index in [0.29, 0.717) is 31.2 Å². The summed E-state index contributed by atoms with van der Waals surface area (Å²) in [5.41, 5.74) is -2.28. The maximum Gasteiger partial charge on any atom is 0.417 e. The highest BCUT2D eigenvalue weighted by atomic mass is 35.5. The van der Waals surface area contributed by atoms with Crippen LogP contribution in [0.4, 0.5) is 13.2 Å². The number of nitrogens with zero attached hydrogens (tertiary/aromatic N) is 7. The Kier molecular flexibility index (Phi) is 28.2. The number of fused-ring (bicyclic) bond motifs is 2. The predicted octanol–water partition coefficient (Wildman–Crippen LogP) is 5.20. The lowest BCUT2D eigenvalue weighted by atomic mass is 9.84. The highest BCUT2D eigenvalue weighted by Crippen LogP contribution is 2.37. The standard InChI is InChI=1S/C69H106ClF3N12O12/c1-14-42(6)57-66(96)81(11)50(28-29-54(86)74-8)65(95)85-34-30-51(85)64(94)82(12)53(38-44-21-16-15-17-22-44)63(93)79(9)39-55(87)76-48(27-25-45-24-26-46(47(70)37-45)69(71,72)73)62(92)84-33-20-23-49(84)60(90)78-68(31-18-19-32-68)67(97)83(13)58(41(4)5)61(91)75-43(7)36-56(88)80(10)52(35-40(2)3)59(89)77-57/h24,26,37,40-44,48-53,57-58H,14-23,25,27-36,38-39H2,1-13H3,(H,74,86)(H,75,91)(H,76,87)(H,77,89)(H,78,90)/t42-,43+,48-,49-,50-,51-,52-,53-,57-,58-/m0/s1. The van der Waals surface area contributed by atoms with E-state index < -0.39 is 166 Å². The smallest absolute Gasteiger partial charge is 0.359 e. The fourth-order valence-corrected chi connectivity index (χ4v) is 14.9. The molecule has 2 aliphatic carbocycles. The highest BCUT2D eigenvalue weighted by molar-refractivity contribution is 6.31. The van der Waals surface area contributed by atoms with Crippen molar-refractivity contribution in [1.82, 2.24) is 60.9 Å². The number of hydrogen-bond donors (Lipinski definition) is 5. The third-order valence-electron chi connectivity index (χ3n) is 20.7. The number of nitrogens with one attached hydrogen (secondary N) is 5. The van der Waals surface area contributed by atoms with E-state index in [2.05, 4.69) is 26.6 Å². The lowest BCUT2D eigenvalue weighted by molar-refractivity contribution is -0.161. The van der Waals surface area contributed by atoms with E-state index in [-0.39, 0.29) is 95.6 Å². The van der Waals surface area contributed by atoms with Crippen LogP contribution in [0.5, 0.6) is 0 Å². The quantitative estimate of drug-likeness (QED) is 0.170. The molecule has 5 N–H and O–H groups in total. The Morgan fingerprint density at radius 1 is 0.680 bits per heavy atom. The minimum Gasteiger partial charge on any atom is -0.359 e. The van der Waals surface area contributed by atoms with Crippen LogP contribution in [0.15, 0.2) is 18.2 Å². The molecule has 0 aromatic heterocycles. The molecule has 542 valence electrons.